The van der Waals surface area contributed by atoms with Gasteiger partial charge < -0.3 is 5.32 Å². The molecule has 1 amide bonds. The summed E-state index contributed by atoms with van der Waals surface area (Å²) in [5.41, 5.74) is 2.43. The lowest BCUT2D eigenvalue weighted by molar-refractivity contribution is 0.102. The highest BCUT2D eigenvalue weighted by molar-refractivity contribution is 7.94. The van der Waals surface area contributed by atoms with Crippen molar-refractivity contribution < 1.29 is 21.6 Å². The van der Waals surface area contributed by atoms with Crippen LogP contribution in [-0.4, -0.2) is 22.7 Å². The predicted octanol–water partition coefficient (Wildman–Crippen LogP) is 4.91. The number of rotatable bonds is 8. The number of thiophene rings is 1. The highest BCUT2D eigenvalue weighted by Gasteiger charge is 2.16. The van der Waals surface area contributed by atoms with Crippen LogP contribution in [-0.2, 0) is 20.0 Å². The summed E-state index contributed by atoms with van der Waals surface area (Å²) in [4.78, 5) is 12.6. The molecule has 35 heavy (non-hydrogen) atoms. The molecule has 4 rings (SSSR count). The minimum absolute atomic E-state index is 0.0550. The SMILES string of the molecule is Cc1cccc(NS(=O)(=O)c2ccc(NC(=O)c3ccc(NS(=O)(=O)c4cccs4)cc3)cc2)c1. The molecule has 3 N–H and O–H groups in total. The molecule has 0 saturated heterocycles. The van der Waals surface area contributed by atoms with E-state index in [2.05, 4.69) is 14.8 Å². The number of nitrogens with one attached hydrogen (secondary N) is 3. The molecule has 1 aromatic heterocycles. The van der Waals surface area contributed by atoms with Crippen molar-refractivity contribution in [3.05, 3.63) is 101 Å². The number of carbonyl (C=O) groups excluding carboxylic acids is 1. The van der Waals surface area contributed by atoms with E-state index in [1.165, 1.54) is 54.6 Å². The van der Waals surface area contributed by atoms with Crippen molar-refractivity contribution in [1.82, 2.24) is 0 Å². The maximum Gasteiger partial charge on any atom is 0.271 e. The fourth-order valence-electron chi connectivity index (χ4n) is 3.15. The fraction of sp³-hybridized carbons (Fsp3) is 0.0417. The van der Waals surface area contributed by atoms with E-state index in [4.69, 9.17) is 0 Å². The molecule has 11 heteroatoms. The van der Waals surface area contributed by atoms with E-state index >= 15 is 0 Å². The van der Waals surface area contributed by atoms with Crippen molar-refractivity contribution in [3.63, 3.8) is 0 Å². The topological polar surface area (TPSA) is 121 Å². The molecule has 0 bridgehead atoms. The average molecular weight is 528 g/mol. The Morgan fingerprint density at radius 3 is 2.00 bits per heavy atom. The molecule has 0 unspecified atom stereocenters. The van der Waals surface area contributed by atoms with Gasteiger partial charge in [-0.25, -0.2) is 16.8 Å². The predicted molar refractivity (Wildman–Crippen MR) is 138 cm³/mol. The van der Waals surface area contributed by atoms with E-state index in [1.807, 2.05) is 13.0 Å². The molecule has 0 aliphatic rings. The van der Waals surface area contributed by atoms with Crippen LogP contribution in [0.1, 0.15) is 15.9 Å². The van der Waals surface area contributed by atoms with Crippen molar-refractivity contribution in [2.24, 2.45) is 0 Å². The van der Waals surface area contributed by atoms with E-state index < -0.39 is 26.0 Å². The molecular weight excluding hydrogens is 506 g/mol. The standard InChI is InChI=1S/C24H21N3O5S3/c1-17-4-2-5-21(16-17)27-34(29,30)22-13-11-19(12-14-22)25-24(28)18-7-9-20(10-8-18)26-35(31,32)23-6-3-15-33-23/h2-16,26-27H,1H3,(H,25,28). The first-order valence-corrected chi connectivity index (χ1v) is 14.1. The molecule has 0 aliphatic heterocycles. The highest BCUT2D eigenvalue weighted by Crippen LogP contribution is 2.22. The quantitative estimate of drug-likeness (QED) is 0.301. The fourth-order valence-corrected chi connectivity index (χ4v) is 6.26. The van der Waals surface area contributed by atoms with Gasteiger partial charge in [0, 0.05) is 22.6 Å². The van der Waals surface area contributed by atoms with E-state index in [0.717, 1.165) is 16.9 Å². The largest absolute Gasteiger partial charge is 0.322 e. The third-order valence-electron chi connectivity index (χ3n) is 4.85. The van der Waals surface area contributed by atoms with Crippen LogP contribution in [0.2, 0.25) is 0 Å². The molecule has 0 fully saturated rings. The second-order valence-corrected chi connectivity index (χ2v) is 12.1. The lowest BCUT2D eigenvalue weighted by atomic mass is 10.2. The van der Waals surface area contributed by atoms with E-state index in [9.17, 15) is 21.6 Å². The average Bonchev–Trinajstić information content (AvgIpc) is 3.36. The number of aryl methyl sites for hydroxylation is 1. The van der Waals surface area contributed by atoms with Crippen LogP contribution < -0.4 is 14.8 Å². The third-order valence-corrected chi connectivity index (χ3v) is 9.03. The number of carbonyl (C=O) groups is 1. The summed E-state index contributed by atoms with van der Waals surface area (Å²) in [5, 5.41) is 4.36. The number of hydrogen-bond donors (Lipinski definition) is 3. The van der Waals surface area contributed by atoms with Gasteiger partial charge in [0.25, 0.3) is 26.0 Å². The first kappa shape index (κ1) is 24.5. The monoisotopic (exact) mass is 527 g/mol. The molecule has 1 heterocycles. The van der Waals surface area contributed by atoms with Gasteiger partial charge in [-0.1, -0.05) is 18.2 Å². The van der Waals surface area contributed by atoms with Crippen molar-refractivity contribution >= 4 is 54.4 Å². The zero-order valence-electron chi connectivity index (χ0n) is 18.4. The van der Waals surface area contributed by atoms with Crippen molar-refractivity contribution in [2.45, 2.75) is 16.0 Å². The summed E-state index contributed by atoms with van der Waals surface area (Å²) >= 11 is 1.11. The van der Waals surface area contributed by atoms with E-state index in [1.54, 1.807) is 29.6 Å². The van der Waals surface area contributed by atoms with Gasteiger partial charge in [-0.15, -0.1) is 11.3 Å². The maximum absolute atomic E-state index is 12.6. The molecule has 180 valence electrons. The van der Waals surface area contributed by atoms with Gasteiger partial charge in [-0.05, 0) is 84.6 Å². The number of hydrogen-bond acceptors (Lipinski definition) is 6. The number of amides is 1. The van der Waals surface area contributed by atoms with Gasteiger partial charge in [0.05, 0.1) is 4.90 Å². The van der Waals surface area contributed by atoms with Crippen LogP contribution in [0.15, 0.2) is 99.4 Å². The number of anilines is 3. The first-order chi connectivity index (χ1) is 16.6. The van der Waals surface area contributed by atoms with Crippen LogP contribution in [0.25, 0.3) is 0 Å². The number of benzene rings is 3. The first-order valence-electron chi connectivity index (χ1n) is 10.3. The van der Waals surface area contributed by atoms with Gasteiger partial charge in [0.2, 0.25) is 0 Å². The Labute approximate surface area is 207 Å². The summed E-state index contributed by atoms with van der Waals surface area (Å²) in [6.07, 6.45) is 0. The van der Waals surface area contributed by atoms with Gasteiger partial charge in [0.1, 0.15) is 4.21 Å². The van der Waals surface area contributed by atoms with Crippen LogP contribution in [0.3, 0.4) is 0 Å². The minimum Gasteiger partial charge on any atom is -0.322 e. The summed E-state index contributed by atoms with van der Waals surface area (Å²) in [6.45, 7) is 1.87. The molecule has 4 aromatic rings. The molecule has 0 atom stereocenters. The van der Waals surface area contributed by atoms with Crippen LogP contribution in [0.5, 0.6) is 0 Å². The van der Waals surface area contributed by atoms with Gasteiger partial charge in [0.15, 0.2) is 0 Å². The summed E-state index contributed by atoms with van der Waals surface area (Å²) in [6, 6.07) is 21.9. The van der Waals surface area contributed by atoms with Crippen molar-refractivity contribution in [3.8, 4) is 0 Å². The van der Waals surface area contributed by atoms with Crippen molar-refractivity contribution in [2.75, 3.05) is 14.8 Å². The van der Waals surface area contributed by atoms with E-state index in [-0.39, 0.29) is 9.10 Å². The Morgan fingerprint density at radius 2 is 1.37 bits per heavy atom. The van der Waals surface area contributed by atoms with Crippen LogP contribution in [0.4, 0.5) is 17.1 Å². The summed E-state index contributed by atoms with van der Waals surface area (Å²) in [5.74, 6) is -0.425. The van der Waals surface area contributed by atoms with Crippen LogP contribution in [0, 0.1) is 6.92 Å². The van der Waals surface area contributed by atoms with Gasteiger partial charge >= 0.3 is 0 Å². The Hall–Kier alpha value is -3.67. The Kier molecular flexibility index (Phi) is 6.92. The van der Waals surface area contributed by atoms with Crippen LogP contribution >= 0.6 is 11.3 Å². The second kappa shape index (κ2) is 9.90. The third kappa shape index (κ3) is 6.07. The molecule has 8 nitrogen and oxygen atoms in total. The maximum atomic E-state index is 12.6. The Morgan fingerprint density at radius 1 is 0.714 bits per heavy atom. The lowest BCUT2D eigenvalue weighted by Gasteiger charge is -2.10. The Bertz CT molecular complexity index is 1550. The smallest absolute Gasteiger partial charge is 0.271 e. The summed E-state index contributed by atoms with van der Waals surface area (Å²) < 4.78 is 55.1. The van der Waals surface area contributed by atoms with Gasteiger partial charge in [-0.3, -0.25) is 14.2 Å². The lowest BCUT2D eigenvalue weighted by Crippen LogP contribution is -2.14. The zero-order chi connectivity index (χ0) is 25.1. The summed E-state index contributed by atoms with van der Waals surface area (Å²) in [7, 11) is -7.46. The highest BCUT2D eigenvalue weighted by atomic mass is 32.2. The molecule has 3 aromatic carbocycles. The van der Waals surface area contributed by atoms with Gasteiger partial charge in [-0.2, -0.15) is 0 Å². The number of sulfonamides is 2. The second-order valence-electron chi connectivity index (χ2n) is 7.57. The van der Waals surface area contributed by atoms with Crippen molar-refractivity contribution in [1.29, 1.82) is 0 Å². The Balaban J connectivity index is 1.40. The molecule has 0 aliphatic carbocycles. The normalized spacial score (nSPS) is 11.6. The minimum atomic E-state index is -3.78. The van der Waals surface area contributed by atoms with E-state index in [0.29, 0.717) is 22.6 Å². The molecular formula is C24H21N3O5S3. The molecule has 0 radical (unpaired) electrons. The molecule has 0 spiro atoms. The zero-order valence-corrected chi connectivity index (χ0v) is 20.9. The molecule has 0 saturated carbocycles.